The smallest absolute Gasteiger partial charge is 0.255 e. The first-order chi connectivity index (χ1) is 17.7. The van der Waals surface area contributed by atoms with Crippen LogP contribution in [0.1, 0.15) is 45.9 Å². The second kappa shape index (κ2) is 11.8. The van der Waals surface area contributed by atoms with E-state index in [4.69, 9.17) is 14.2 Å². The van der Waals surface area contributed by atoms with E-state index in [-0.39, 0.29) is 24.7 Å². The quantitative estimate of drug-likeness (QED) is 0.516. The van der Waals surface area contributed by atoms with E-state index in [1.165, 1.54) is 0 Å². The first kappa shape index (κ1) is 24.6. The molecule has 0 aliphatic carbocycles. The molecule has 1 amide bonds. The molecule has 0 spiro atoms. The van der Waals surface area contributed by atoms with E-state index in [1.54, 1.807) is 12.1 Å². The highest BCUT2D eigenvalue weighted by atomic mass is 16.7. The molecular weight excluding hydrogens is 456 g/mol. The standard InChI is InChI=1S/C29H32N2O5/c32-20-21-6-8-22(9-7-21)27-18-26(19-31-14-16-34-17-15-31)35-29(36-27)24-10-12-25(13-11-24)30-28(33)23-4-2-1-3-5-23/h1-13,26-27,29,32H,14-20H2,(H,30,33)/t26-,27+,29+/m1/s1. The van der Waals surface area contributed by atoms with E-state index >= 15 is 0 Å². The summed E-state index contributed by atoms with van der Waals surface area (Å²) < 4.78 is 18.4. The van der Waals surface area contributed by atoms with Gasteiger partial charge in [0.2, 0.25) is 0 Å². The van der Waals surface area contributed by atoms with Gasteiger partial charge in [-0.2, -0.15) is 0 Å². The van der Waals surface area contributed by atoms with Gasteiger partial charge in [-0.3, -0.25) is 9.69 Å². The molecule has 2 fully saturated rings. The average molecular weight is 489 g/mol. The summed E-state index contributed by atoms with van der Waals surface area (Å²) in [6.45, 7) is 4.13. The molecule has 0 radical (unpaired) electrons. The minimum Gasteiger partial charge on any atom is -0.392 e. The van der Waals surface area contributed by atoms with Crippen LogP contribution in [0.15, 0.2) is 78.9 Å². The van der Waals surface area contributed by atoms with Crippen LogP contribution in [0.2, 0.25) is 0 Å². The van der Waals surface area contributed by atoms with Crippen LogP contribution < -0.4 is 5.32 Å². The number of aliphatic hydroxyl groups excluding tert-OH is 1. The highest BCUT2D eigenvalue weighted by molar-refractivity contribution is 6.04. The van der Waals surface area contributed by atoms with E-state index in [9.17, 15) is 9.90 Å². The largest absolute Gasteiger partial charge is 0.392 e. The van der Waals surface area contributed by atoms with E-state index in [2.05, 4.69) is 10.2 Å². The molecule has 3 atom stereocenters. The Balaban J connectivity index is 1.30. The molecule has 0 saturated carbocycles. The Kier molecular flexibility index (Phi) is 8.05. The lowest BCUT2D eigenvalue weighted by Crippen LogP contribution is -2.44. The number of anilines is 1. The summed E-state index contributed by atoms with van der Waals surface area (Å²) in [5.41, 5.74) is 4.17. The SMILES string of the molecule is O=C(Nc1ccc([C@H]2O[C@@H](CN3CCOCC3)C[C@@H](c3ccc(CO)cc3)O2)cc1)c1ccccc1. The van der Waals surface area contributed by atoms with Crippen molar-refractivity contribution in [1.29, 1.82) is 0 Å². The molecule has 2 saturated heterocycles. The maximum absolute atomic E-state index is 12.5. The predicted octanol–water partition coefficient (Wildman–Crippen LogP) is 4.31. The number of rotatable bonds is 7. The summed E-state index contributed by atoms with van der Waals surface area (Å²) in [6.07, 6.45) is 0.102. The molecule has 0 bridgehead atoms. The van der Waals surface area contributed by atoms with Crippen LogP contribution in [0.25, 0.3) is 0 Å². The van der Waals surface area contributed by atoms with E-state index < -0.39 is 6.29 Å². The molecule has 7 nitrogen and oxygen atoms in total. The Labute approximate surface area is 211 Å². The lowest BCUT2D eigenvalue weighted by Gasteiger charge is -2.39. The number of morpholine rings is 1. The van der Waals surface area contributed by atoms with Crippen molar-refractivity contribution in [3.8, 4) is 0 Å². The van der Waals surface area contributed by atoms with Gasteiger partial charge in [-0.25, -0.2) is 0 Å². The topological polar surface area (TPSA) is 80.3 Å². The maximum Gasteiger partial charge on any atom is 0.255 e. The van der Waals surface area contributed by atoms with Gasteiger partial charge in [-0.1, -0.05) is 54.6 Å². The maximum atomic E-state index is 12.5. The van der Waals surface area contributed by atoms with E-state index in [0.717, 1.165) is 56.0 Å². The van der Waals surface area contributed by atoms with Gasteiger partial charge in [0, 0.05) is 42.9 Å². The van der Waals surface area contributed by atoms with E-state index in [1.807, 2.05) is 66.7 Å². The van der Waals surface area contributed by atoms with Gasteiger partial charge in [-0.15, -0.1) is 0 Å². The van der Waals surface area contributed by atoms with Crippen molar-refractivity contribution >= 4 is 11.6 Å². The zero-order chi connectivity index (χ0) is 24.7. The van der Waals surface area contributed by atoms with Crippen molar-refractivity contribution in [3.63, 3.8) is 0 Å². The summed E-state index contributed by atoms with van der Waals surface area (Å²) in [5, 5.41) is 12.3. The first-order valence-electron chi connectivity index (χ1n) is 12.4. The second-order valence-corrected chi connectivity index (χ2v) is 9.21. The van der Waals surface area contributed by atoms with Crippen LogP contribution in [-0.2, 0) is 20.8 Å². The summed E-state index contributed by atoms with van der Waals surface area (Å²) in [4.78, 5) is 14.9. The summed E-state index contributed by atoms with van der Waals surface area (Å²) in [7, 11) is 0. The Morgan fingerprint density at radius 3 is 2.28 bits per heavy atom. The minimum atomic E-state index is -0.522. The molecule has 2 N–H and O–H groups in total. The average Bonchev–Trinajstić information content (AvgIpc) is 2.94. The number of aliphatic hydroxyl groups is 1. The van der Waals surface area contributed by atoms with Crippen LogP contribution in [0, 0.1) is 0 Å². The number of amides is 1. The third kappa shape index (κ3) is 6.19. The third-order valence-electron chi connectivity index (χ3n) is 6.66. The van der Waals surface area contributed by atoms with Gasteiger partial charge in [0.15, 0.2) is 6.29 Å². The van der Waals surface area contributed by atoms with Crippen LogP contribution in [0.4, 0.5) is 5.69 Å². The monoisotopic (exact) mass is 488 g/mol. The Hall–Kier alpha value is -3.07. The zero-order valence-corrected chi connectivity index (χ0v) is 20.2. The summed E-state index contributed by atoms with van der Waals surface area (Å²) >= 11 is 0. The normalized spacial score (nSPS) is 22.8. The number of carbonyl (C=O) groups is 1. The van der Waals surface area contributed by atoms with E-state index in [0.29, 0.717) is 11.3 Å². The highest BCUT2D eigenvalue weighted by Gasteiger charge is 2.33. The van der Waals surface area contributed by atoms with Crippen molar-refractivity contribution < 1.29 is 24.1 Å². The van der Waals surface area contributed by atoms with Crippen molar-refractivity contribution in [2.24, 2.45) is 0 Å². The molecular formula is C29H32N2O5. The van der Waals surface area contributed by atoms with Crippen LogP contribution in [-0.4, -0.2) is 54.9 Å². The van der Waals surface area contributed by atoms with Gasteiger partial charge in [-0.05, 0) is 35.4 Å². The molecule has 0 aromatic heterocycles. The van der Waals surface area contributed by atoms with Crippen molar-refractivity contribution in [2.75, 3.05) is 38.2 Å². The van der Waals surface area contributed by atoms with Gasteiger partial charge in [0.05, 0.1) is 32.0 Å². The van der Waals surface area contributed by atoms with Crippen LogP contribution >= 0.6 is 0 Å². The fraction of sp³-hybridized carbons (Fsp3) is 0.345. The number of benzene rings is 3. The van der Waals surface area contributed by atoms with Gasteiger partial charge in [0.25, 0.3) is 5.91 Å². The Bertz CT molecular complexity index is 1110. The minimum absolute atomic E-state index is 0.00169. The first-order valence-corrected chi connectivity index (χ1v) is 12.4. The molecule has 2 heterocycles. The van der Waals surface area contributed by atoms with Gasteiger partial charge < -0.3 is 24.6 Å². The fourth-order valence-corrected chi connectivity index (χ4v) is 4.62. The number of nitrogens with one attached hydrogen (secondary N) is 1. The summed E-state index contributed by atoms with van der Waals surface area (Å²) in [5.74, 6) is -0.148. The zero-order valence-electron chi connectivity index (χ0n) is 20.2. The molecule has 36 heavy (non-hydrogen) atoms. The number of carbonyl (C=O) groups excluding carboxylic acids is 1. The predicted molar refractivity (Wildman–Crippen MR) is 137 cm³/mol. The fourth-order valence-electron chi connectivity index (χ4n) is 4.62. The molecule has 7 heteroatoms. The summed E-state index contributed by atoms with van der Waals surface area (Å²) in [6, 6.07) is 24.7. The van der Waals surface area contributed by atoms with Crippen LogP contribution in [0.5, 0.6) is 0 Å². The lowest BCUT2D eigenvalue weighted by atomic mass is 9.99. The number of nitrogens with zero attached hydrogens (tertiary/aromatic N) is 1. The molecule has 0 unspecified atom stereocenters. The molecule has 5 rings (SSSR count). The van der Waals surface area contributed by atoms with Crippen molar-refractivity contribution in [3.05, 3.63) is 101 Å². The molecule has 3 aromatic carbocycles. The van der Waals surface area contributed by atoms with Crippen molar-refractivity contribution in [2.45, 2.75) is 31.5 Å². The van der Waals surface area contributed by atoms with Gasteiger partial charge >= 0.3 is 0 Å². The molecule has 2 aliphatic heterocycles. The third-order valence-corrected chi connectivity index (χ3v) is 6.66. The lowest BCUT2D eigenvalue weighted by molar-refractivity contribution is -0.253. The number of hydrogen-bond donors (Lipinski definition) is 2. The van der Waals surface area contributed by atoms with Gasteiger partial charge in [0.1, 0.15) is 0 Å². The number of ether oxygens (including phenoxy) is 3. The second-order valence-electron chi connectivity index (χ2n) is 9.21. The Morgan fingerprint density at radius 2 is 1.58 bits per heavy atom. The van der Waals surface area contributed by atoms with Crippen molar-refractivity contribution in [1.82, 2.24) is 4.90 Å². The number of hydrogen-bond acceptors (Lipinski definition) is 6. The highest BCUT2D eigenvalue weighted by Crippen LogP contribution is 2.38. The molecule has 2 aliphatic rings. The van der Waals surface area contributed by atoms with Crippen LogP contribution in [0.3, 0.4) is 0 Å². The molecule has 3 aromatic rings. The molecule has 188 valence electrons. The Morgan fingerprint density at radius 1 is 0.889 bits per heavy atom.